The van der Waals surface area contributed by atoms with Crippen molar-refractivity contribution in [2.45, 2.75) is 62.8 Å². The minimum absolute atomic E-state index is 0.112. The molecule has 1 unspecified atom stereocenters. The van der Waals surface area contributed by atoms with Gasteiger partial charge in [0, 0.05) is 10.9 Å². The molecule has 4 N–H and O–H groups in total. The van der Waals surface area contributed by atoms with Crippen LogP contribution in [0.1, 0.15) is 66.0 Å². The summed E-state index contributed by atoms with van der Waals surface area (Å²) in [6, 6.07) is 1.47. The number of hydrogen-bond donors (Lipinski definition) is 3. The van der Waals surface area contributed by atoms with E-state index in [1.165, 1.54) is 29.2 Å². The molecule has 0 aliphatic heterocycles. The molecule has 0 spiro atoms. The molecule has 0 saturated heterocycles. The Morgan fingerprint density at radius 2 is 2.00 bits per heavy atom. The second-order valence-electron chi connectivity index (χ2n) is 7.16. The third-order valence-electron chi connectivity index (χ3n) is 4.64. The maximum absolute atomic E-state index is 12.7. The van der Waals surface area contributed by atoms with Crippen LogP contribution in [0.5, 0.6) is 0 Å². The monoisotopic (exact) mass is 420 g/mol. The Balaban J connectivity index is 1.78. The Hall–Kier alpha value is -2.13. The summed E-state index contributed by atoms with van der Waals surface area (Å²) in [5.74, 6) is -0.657. The van der Waals surface area contributed by atoms with Crippen LogP contribution in [0.25, 0.3) is 0 Å². The lowest BCUT2D eigenvalue weighted by Crippen LogP contribution is -2.25. The van der Waals surface area contributed by atoms with Gasteiger partial charge in [0.1, 0.15) is 5.00 Å². The summed E-state index contributed by atoms with van der Waals surface area (Å²) in [6.07, 6.45) is 3.83. The Kier molecular flexibility index (Phi) is 6.24. The number of thiophene rings is 1. The summed E-state index contributed by atoms with van der Waals surface area (Å²) in [5.41, 5.74) is 7.45. The minimum atomic E-state index is -0.509. The molecule has 3 rings (SSSR count). The molecule has 2 aromatic rings. The van der Waals surface area contributed by atoms with Crippen molar-refractivity contribution >= 4 is 39.9 Å². The van der Waals surface area contributed by atoms with E-state index in [1.54, 1.807) is 6.92 Å². The number of thioether (sulfide) groups is 1. The fourth-order valence-electron chi connectivity index (χ4n) is 3.15. The van der Waals surface area contributed by atoms with E-state index in [-0.39, 0.29) is 17.4 Å². The van der Waals surface area contributed by atoms with Crippen molar-refractivity contribution in [2.75, 3.05) is 5.32 Å². The zero-order valence-electron chi connectivity index (χ0n) is 16.1. The van der Waals surface area contributed by atoms with Crippen molar-refractivity contribution in [1.82, 2.24) is 9.97 Å². The van der Waals surface area contributed by atoms with E-state index >= 15 is 0 Å². The van der Waals surface area contributed by atoms with Crippen LogP contribution in [0.4, 0.5) is 5.00 Å². The van der Waals surface area contributed by atoms with Crippen molar-refractivity contribution in [3.8, 4) is 0 Å². The van der Waals surface area contributed by atoms with Crippen molar-refractivity contribution in [3.05, 3.63) is 38.1 Å². The number of nitrogens with one attached hydrogen (secondary N) is 2. The van der Waals surface area contributed by atoms with Gasteiger partial charge >= 0.3 is 0 Å². The van der Waals surface area contributed by atoms with Gasteiger partial charge in [0.15, 0.2) is 5.16 Å². The SMILES string of the molecule is CC(Sc1nc(C(C)C)cc(=O)[nH]1)C(=O)Nc1sc2c(c1C(N)=O)CCCC2. The highest BCUT2D eigenvalue weighted by Crippen LogP contribution is 2.38. The van der Waals surface area contributed by atoms with Gasteiger partial charge in [0.05, 0.1) is 16.5 Å². The molecule has 2 aromatic heterocycles. The van der Waals surface area contributed by atoms with Crippen LogP contribution in [-0.2, 0) is 17.6 Å². The number of aryl methyl sites for hydroxylation is 1. The van der Waals surface area contributed by atoms with E-state index in [1.807, 2.05) is 13.8 Å². The van der Waals surface area contributed by atoms with Crippen LogP contribution in [-0.4, -0.2) is 27.0 Å². The van der Waals surface area contributed by atoms with Gasteiger partial charge in [-0.25, -0.2) is 4.98 Å². The zero-order chi connectivity index (χ0) is 20.4. The second-order valence-corrected chi connectivity index (χ2v) is 9.59. The highest BCUT2D eigenvalue weighted by Gasteiger charge is 2.26. The standard InChI is InChI=1S/C19H24N4O3S2/c1-9(2)12-8-14(24)22-19(21-12)27-10(3)17(26)23-18-15(16(20)25)11-6-4-5-7-13(11)28-18/h8-10H,4-7H2,1-3H3,(H2,20,25)(H,23,26)(H,21,22,24). The number of rotatable bonds is 6. The number of amides is 2. The number of nitrogens with zero attached hydrogens (tertiary/aromatic N) is 1. The van der Waals surface area contributed by atoms with Crippen molar-refractivity contribution in [1.29, 1.82) is 0 Å². The molecular formula is C19H24N4O3S2. The predicted octanol–water partition coefficient (Wildman–Crippen LogP) is 3.05. The number of carbonyl (C=O) groups is 2. The van der Waals surface area contributed by atoms with E-state index in [4.69, 9.17) is 5.73 Å². The number of aromatic amines is 1. The van der Waals surface area contributed by atoms with E-state index in [0.717, 1.165) is 36.1 Å². The number of carbonyl (C=O) groups excluding carboxylic acids is 2. The molecule has 7 nitrogen and oxygen atoms in total. The quantitative estimate of drug-likeness (QED) is 0.490. The van der Waals surface area contributed by atoms with E-state index in [0.29, 0.717) is 21.4 Å². The Bertz CT molecular complexity index is 965. The fourth-order valence-corrected chi connectivity index (χ4v) is 5.27. The molecule has 28 heavy (non-hydrogen) atoms. The summed E-state index contributed by atoms with van der Waals surface area (Å²) >= 11 is 2.61. The lowest BCUT2D eigenvalue weighted by atomic mass is 9.95. The number of fused-ring (bicyclic) bond motifs is 1. The molecule has 0 bridgehead atoms. The lowest BCUT2D eigenvalue weighted by molar-refractivity contribution is -0.115. The molecule has 0 saturated carbocycles. The van der Waals surface area contributed by atoms with Gasteiger partial charge < -0.3 is 16.0 Å². The average molecular weight is 421 g/mol. The molecule has 2 amide bonds. The molecule has 2 heterocycles. The summed E-state index contributed by atoms with van der Waals surface area (Å²) in [5, 5.41) is 3.28. The van der Waals surface area contributed by atoms with E-state index in [2.05, 4.69) is 15.3 Å². The van der Waals surface area contributed by atoms with Crippen LogP contribution < -0.4 is 16.6 Å². The number of H-pyrrole nitrogens is 1. The van der Waals surface area contributed by atoms with E-state index in [9.17, 15) is 14.4 Å². The van der Waals surface area contributed by atoms with Gasteiger partial charge in [0.2, 0.25) is 5.91 Å². The maximum atomic E-state index is 12.7. The normalized spacial score (nSPS) is 14.6. The first kappa shape index (κ1) is 20.6. The van der Waals surface area contributed by atoms with Crippen LogP contribution in [0, 0.1) is 0 Å². The third-order valence-corrected chi connectivity index (χ3v) is 6.83. The average Bonchev–Trinajstić information content (AvgIpc) is 2.98. The number of hydrogen-bond acceptors (Lipinski definition) is 6. The number of anilines is 1. The highest BCUT2D eigenvalue weighted by molar-refractivity contribution is 8.00. The summed E-state index contributed by atoms with van der Waals surface area (Å²) in [6.45, 7) is 5.64. The van der Waals surface area contributed by atoms with Crippen LogP contribution in [0.15, 0.2) is 16.0 Å². The molecule has 0 fully saturated rings. The van der Waals surface area contributed by atoms with Crippen molar-refractivity contribution < 1.29 is 9.59 Å². The minimum Gasteiger partial charge on any atom is -0.365 e. The molecule has 0 aromatic carbocycles. The molecule has 9 heteroatoms. The van der Waals surface area contributed by atoms with Gasteiger partial charge in [0.25, 0.3) is 11.5 Å². The van der Waals surface area contributed by atoms with Crippen molar-refractivity contribution in [3.63, 3.8) is 0 Å². The molecule has 1 atom stereocenters. The topological polar surface area (TPSA) is 118 Å². The summed E-state index contributed by atoms with van der Waals surface area (Å²) < 4.78 is 0. The molecular weight excluding hydrogens is 396 g/mol. The first-order valence-electron chi connectivity index (χ1n) is 9.29. The predicted molar refractivity (Wildman–Crippen MR) is 112 cm³/mol. The zero-order valence-corrected chi connectivity index (χ0v) is 17.8. The Morgan fingerprint density at radius 3 is 2.68 bits per heavy atom. The van der Waals surface area contributed by atoms with Crippen LogP contribution in [0.3, 0.4) is 0 Å². The number of primary amides is 1. The van der Waals surface area contributed by atoms with Gasteiger partial charge in [-0.05, 0) is 44.1 Å². The second kappa shape index (κ2) is 8.48. The molecule has 1 aliphatic carbocycles. The molecule has 150 valence electrons. The third kappa shape index (κ3) is 4.47. The first-order chi connectivity index (χ1) is 13.3. The molecule has 1 aliphatic rings. The van der Waals surface area contributed by atoms with Crippen molar-refractivity contribution in [2.24, 2.45) is 5.73 Å². The highest BCUT2D eigenvalue weighted by atomic mass is 32.2. The first-order valence-corrected chi connectivity index (χ1v) is 11.0. The Labute approximate surface area is 171 Å². The van der Waals surface area contributed by atoms with Gasteiger partial charge in [-0.1, -0.05) is 25.6 Å². The van der Waals surface area contributed by atoms with Gasteiger partial charge in [-0.15, -0.1) is 11.3 Å². The largest absolute Gasteiger partial charge is 0.365 e. The van der Waals surface area contributed by atoms with Gasteiger partial charge in [-0.3, -0.25) is 14.4 Å². The van der Waals surface area contributed by atoms with Crippen LogP contribution in [0.2, 0.25) is 0 Å². The van der Waals surface area contributed by atoms with Crippen LogP contribution >= 0.6 is 23.1 Å². The maximum Gasteiger partial charge on any atom is 0.251 e. The van der Waals surface area contributed by atoms with Gasteiger partial charge in [-0.2, -0.15) is 0 Å². The Morgan fingerprint density at radius 1 is 1.29 bits per heavy atom. The summed E-state index contributed by atoms with van der Waals surface area (Å²) in [7, 11) is 0. The number of nitrogens with two attached hydrogens (primary N) is 1. The molecule has 0 radical (unpaired) electrons. The van der Waals surface area contributed by atoms with E-state index < -0.39 is 11.2 Å². The summed E-state index contributed by atoms with van der Waals surface area (Å²) in [4.78, 5) is 44.7. The fraction of sp³-hybridized carbons (Fsp3) is 0.474. The smallest absolute Gasteiger partial charge is 0.251 e. The number of aromatic nitrogens is 2. The lowest BCUT2D eigenvalue weighted by Gasteiger charge is -2.13.